The molecule has 0 radical (unpaired) electrons. The van der Waals surface area contributed by atoms with E-state index in [0.29, 0.717) is 58.1 Å². The first-order valence-electron chi connectivity index (χ1n) is 13.9. The summed E-state index contributed by atoms with van der Waals surface area (Å²) in [4.78, 5) is 21.8. The number of aryl methyl sites for hydroxylation is 1. The van der Waals surface area contributed by atoms with Crippen LogP contribution in [0.4, 0.5) is 5.82 Å². The topological polar surface area (TPSA) is 102 Å². The summed E-state index contributed by atoms with van der Waals surface area (Å²) in [6, 6.07) is 11.3. The van der Waals surface area contributed by atoms with Gasteiger partial charge in [0.1, 0.15) is 18.0 Å². The molecule has 2 aromatic carbocycles. The SMILES string of the molecule is Nc1ncc(-c2ccc(CNC3CCN[C@@H](C(=O)OC4CCCC4)C3)c(Cl)c2)nc1CCc1c(Cl)cccc1Cl. The van der Waals surface area contributed by atoms with Crippen LogP contribution in [0.25, 0.3) is 11.3 Å². The van der Waals surface area contributed by atoms with Crippen LogP contribution in [0, 0.1) is 0 Å². The van der Waals surface area contributed by atoms with Crippen molar-refractivity contribution in [1.29, 1.82) is 0 Å². The summed E-state index contributed by atoms with van der Waals surface area (Å²) in [5.41, 5.74) is 10.2. The normalized spacial score (nSPS) is 19.6. The molecule has 2 atom stereocenters. The molecule has 1 saturated heterocycles. The second-order valence-electron chi connectivity index (χ2n) is 10.5. The van der Waals surface area contributed by atoms with Gasteiger partial charge in [-0.15, -0.1) is 0 Å². The van der Waals surface area contributed by atoms with E-state index in [-0.39, 0.29) is 24.2 Å². The molecule has 1 aliphatic heterocycles. The lowest BCUT2D eigenvalue weighted by Gasteiger charge is -2.30. The van der Waals surface area contributed by atoms with E-state index in [9.17, 15) is 4.79 Å². The molecular formula is C30H34Cl3N5O2. The van der Waals surface area contributed by atoms with Crippen molar-refractivity contribution in [3.8, 4) is 11.3 Å². The number of nitrogens with one attached hydrogen (secondary N) is 2. The minimum absolute atomic E-state index is 0.0858. The first-order chi connectivity index (χ1) is 19.4. The summed E-state index contributed by atoms with van der Waals surface area (Å²) < 4.78 is 5.72. The molecule has 1 saturated carbocycles. The van der Waals surface area contributed by atoms with Gasteiger partial charge in [0.2, 0.25) is 0 Å². The number of carbonyl (C=O) groups excluding carboxylic acids is 1. The largest absolute Gasteiger partial charge is 0.461 e. The van der Waals surface area contributed by atoms with E-state index >= 15 is 0 Å². The number of carbonyl (C=O) groups is 1. The van der Waals surface area contributed by atoms with Crippen LogP contribution in [0.3, 0.4) is 0 Å². The van der Waals surface area contributed by atoms with Crippen LogP contribution in [0.1, 0.15) is 55.3 Å². The van der Waals surface area contributed by atoms with Crippen LogP contribution in [-0.2, 0) is 28.9 Å². The molecule has 3 aromatic rings. The Kier molecular flexibility index (Phi) is 9.81. The monoisotopic (exact) mass is 601 g/mol. The first kappa shape index (κ1) is 29.1. The maximum atomic E-state index is 12.6. The highest BCUT2D eigenvalue weighted by Crippen LogP contribution is 2.28. The van der Waals surface area contributed by atoms with E-state index in [2.05, 4.69) is 15.6 Å². The second kappa shape index (κ2) is 13.5. The van der Waals surface area contributed by atoms with Gasteiger partial charge < -0.3 is 21.1 Å². The Balaban J connectivity index is 1.19. The number of esters is 1. The maximum Gasteiger partial charge on any atom is 0.323 e. The smallest absolute Gasteiger partial charge is 0.323 e. The Bertz CT molecular complexity index is 1330. The number of nitrogens with zero attached hydrogens (tertiary/aromatic N) is 2. The van der Waals surface area contributed by atoms with Crippen LogP contribution < -0.4 is 16.4 Å². The van der Waals surface area contributed by atoms with Gasteiger partial charge in [-0.25, -0.2) is 9.97 Å². The summed E-state index contributed by atoms with van der Waals surface area (Å²) in [5, 5.41) is 8.77. The quantitative estimate of drug-likeness (QED) is 0.252. The van der Waals surface area contributed by atoms with Gasteiger partial charge in [0.25, 0.3) is 0 Å². The third-order valence-corrected chi connectivity index (χ3v) is 8.81. The average molecular weight is 603 g/mol. The van der Waals surface area contributed by atoms with Gasteiger partial charge in [0.05, 0.1) is 17.6 Å². The van der Waals surface area contributed by atoms with E-state index in [1.54, 1.807) is 6.20 Å². The third-order valence-electron chi connectivity index (χ3n) is 7.75. The summed E-state index contributed by atoms with van der Waals surface area (Å²) in [7, 11) is 0. The molecule has 0 spiro atoms. The van der Waals surface area contributed by atoms with Gasteiger partial charge >= 0.3 is 5.97 Å². The molecule has 2 heterocycles. The van der Waals surface area contributed by atoms with Crippen LogP contribution >= 0.6 is 34.8 Å². The van der Waals surface area contributed by atoms with Gasteiger partial charge in [-0.2, -0.15) is 0 Å². The highest BCUT2D eigenvalue weighted by molar-refractivity contribution is 6.36. The van der Waals surface area contributed by atoms with Crippen LogP contribution in [0.5, 0.6) is 0 Å². The van der Waals surface area contributed by atoms with Crippen LogP contribution in [0.2, 0.25) is 15.1 Å². The van der Waals surface area contributed by atoms with E-state index in [0.717, 1.165) is 55.3 Å². The highest BCUT2D eigenvalue weighted by Gasteiger charge is 2.30. The van der Waals surface area contributed by atoms with Gasteiger partial charge in [0.15, 0.2) is 0 Å². The fourth-order valence-corrected chi connectivity index (χ4v) is 6.25. The maximum absolute atomic E-state index is 12.6. The molecule has 212 valence electrons. The Morgan fingerprint density at radius 3 is 2.58 bits per heavy atom. The number of benzene rings is 2. The van der Waals surface area contributed by atoms with Crippen molar-refractivity contribution in [3.63, 3.8) is 0 Å². The minimum Gasteiger partial charge on any atom is -0.461 e. The van der Waals surface area contributed by atoms with Crippen molar-refractivity contribution in [2.45, 2.75) is 76.1 Å². The molecule has 1 unspecified atom stereocenters. The average Bonchev–Trinajstić information content (AvgIpc) is 3.46. The van der Waals surface area contributed by atoms with Crippen LogP contribution in [0.15, 0.2) is 42.6 Å². The van der Waals surface area contributed by atoms with Gasteiger partial charge in [-0.05, 0) is 87.2 Å². The first-order valence-corrected chi connectivity index (χ1v) is 15.0. The third kappa shape index (κ3) is 7.25. The number of nitrogens with two attached hydrogens (primary N) is 1. The molecule has 7 nitrogen and oxygen atoms in total. The van der Waals surface area contributed by atoms with E-state index in [1.807, 2.05) is 36.4 Å². The van der Waals surface area contributed by atoms with Crippen molar-refractivity contribution in [2.24, 2.45) is 0 Å². The second-order valence-corrected chi connectivity index (χ2v) is 11.8. The number of hydrogen-bond donors (Lipinski definition) is 3. The predicted octanol–water partition coefficient (Wildman–Crippen LogP) is 6.17. The zero-order valence-electron chi connectivity index (χ0n) is 22.3. The van der Waals surface area contributed by atoms with Gasteiger partial charge in [-0.3, -0.25) is 4.79 Å². The number of piperidine rings is 1. The molecule has 4 N–H and O–H groups in total. The lowest BCUT2D eigenvalue weighted by Crippen LogP contribution is -2.50. The number of hydrogen-bond acceptors (Lipinski definition) is 7. The molecule has 2 aliphatic rings. The van der Waals surface area contributed by atoms with Crippen LogP contribution in [-0.4, -0.2) is 40.7 Å². The van der Waals surface area contributed by atoms with E-state index < -0.39 is 0 Å². The Morgan fingerprint density at radius 2 is 1.82 bits per heavy atom. The minimum atomic E-state index is -0.267. The molecule has 2 fully saturated rings. The molecule has 1 aliphatic carbocycles. The molecule has 5 rings (SSSR count). The summed E-state index contributed by atoms with van der Waals surface area (Å²) in [6.07, 6.45) is 8.78. The molecule has 40 heavy (non-hydrogen) atoms. The van der Waals surface area contributed by atoms with E-state index in [1.165, 1.54) is 0 Å². The summed E-state index contributed by atoms with van der Waals surface area (Å²) >= 11 is 19.3. The molecule has 0 amide bonds. The van der Waals surface area contributed by atoms with E-state index in [4.69, 9.17) is 50.3 Å². The number of aromatic nitrogens is 2. The zero-order valence-corrected chi connectivity index (χ0v) is 24.5. The molecular weight excluding hydrogens is 569 g/mol. The van der Waals surface area contributed by atoms with Crippen molar-refractivity contribution in [2.75, 3.05) is 12.3 Å². The van der Waals surface area contributed by atoms with Gasteiger partial charge in [-0.1, -0.05) is 53.0 Å². The predicted molar refractivity (Wildman–Crippen MR) is 161 cm³/mol. The lowest BCUT2D eigenvalue weighted by atomic mass is 9.99. The molecule has 1 aromatic heterocycles. The zero-order chi connectivity index (χ0) is 28.1. The molecule has 10 heteroatoms. The number of halogens is 3. The van der Waals surface area contributed by atoms with Crippen molar-refractivity contribution >= 4 is 46.6 Å². The van der Waals surface area contributed by atoms with Gasteiger partial charge in [0, 0.05) is 33.2 Å². The fraction of sp³-hybridized carbons (Fsp3) is 0.433. The number of ether oxygens (including phenoxy) is 1. The standard InChI is InChI=1S/C30H34Cl3N5O2/c31-23-6-3-7-24(32)22(23)10-11-26-29(34)37-17-28(38-26)18-8-9-19(25(33)14-18)16-36-20-12-13-35-27(15-20)30(39)40-21-4-1-2-5-21/h3,6-9,14,17,20-21,27,35-36H,1-2,4-5,10-13,15-16H2,(H2,34,37)/t20?,27-/m1/s1. The van der Waals surface area contributed by atoms with Crippen molar-refractivity contribution in [3.05, 3.63) is 74.5 Å². The summed E-state index contributed by atoms with van der Waals surface area (Å²) in [6.45, 7) is 1.38. The summed E-state index contributed by atoms with van der Waals surface area (Å²) in [5.74, 6) is 0.256. The van der Waals surface area contributed by atoms with Crippen molar-refractivity contribution in [1.82, 2.24) is 20.6 Å². The Labute approximate surface area is 250 Å². The fourth-order valence-electron chi connectivity index (χ4n) is 5.41. The molecule has 0 bridgehead atoms. The Morgan fingerprint density at radius 1 is 1.05 bits per heavy atom. The Hall–Kier alpha value is -2.42. The number of anilines is 1. The lowest BCUT2D eigenvalue weighted by molar-refractivity contribution is -0.152. The highest BCUT2D eigenvalue weighted by atomic mass is 35.5. The number of nitrogen functional groups attached to an aromatic ring is 1. The van der Waals surface area contributed by atoms with Crippen molar-refractivity contribution < 1.29 is 9.53 Å². The number of rotatable bonds is 9.